The fourth-order valence-electron chi connectivity index (χ4n) is 2.62. The normalized spacial score (nSPS) is 19.8. The van der Waals surface area contributed by atoms with Gasteiger partial charge in [0, 0.05) is 12.6 Å². The van der Waals surface area contributed by atoms with Gasteiger partial charge in [0.1, 0.15) is 0 Å². The first-order valence-corrected chi connectivity index (χ1v) is 9.05. The lowest BCUT2D eigenvalue weighted by molar-refractivity contribution is 0.282. The summed E-state index contributed by atoms with van der Waals surface area (Å²) in [6.07, 6.45) is 1.93. The number of sulfonamides is 1. The molecular formula is C13H29N3O2S. The molecule has 1 aliphatic rings. The molecule has 0 aliphatic carbocycles. The minimum absolute atomic E-state index is 0.0217. The Morgan fingerprint density at radius 1 is 1.26 bits per heavy atom. The van der Waals surface area contributed by atoms with Crippen molar-refractivity contribution in [2.75, 3.05) is 38.5 Å². The van der Waals surface area contributed by atoms with Crippen LogP contribution in [0.4, 0.5) is 0 Å². The molecule has 1 unspecified atom stereocenters. The van der Waals surface area contributed by atoms with Crippen LogP contribution in [0, 0.1) is 5.92 Å². The predicted molar refractivity (Wildman–Crippen MR) is 79.8 cm³/mol. The average Bonchev–Trinajstić information content (AvgIpc) is 2.35. The molecule has 1 fully saturated rings. The lowest BCUT2D eigenvalue weighted by atomic mass is 10.0. The zero-order valence-electron chi connectivity index (χ0n) is 12.5. The van der Waals surface area contributed by atoms with Gasteiger partial charge < -0.3 is 10.2 Å². The van der Waals surface area contributed by atoms with Crippen LogP contribution in [-0.2, 0) is 10.0 Å². The molecule has 2 N–H and O–H groups in total. The summed E-state index contributed by atoms with van der Waals surface area (Å²) in [5, 5.41) is 3.26. The number of nitrogens with one attached hydrogen (secondary N) is 2. The van der Waals surface area contributed by atoms with Crippen LogP contribution < -0.4 is 10.0 Å². The molecule has 1 saturated heterocycles. The van der Waals surface area contributed by atoms with Crippen LogP contribution in [0.2, 0.25) is 0 Å². The third-order valence-corrected chi connectivity index (χ3v) is 5.39. The van der Waals surface area contributed by atoms with Gasteiger partial charge in [0.25, 0.3) is 0 Å². The minimum Gasteiger partial charge on any atom is -0.317 e. The van der Waals surface area contributed by atoms with Gasteiger partial charge in [-0.3, -0.25) is 0 Å². The lowest BCUT2D eigenvalue weighted by Crippen LogP contribution is -2.44. The van der Waals surface area contributed by atoms with Crippen LogP contribution >= 0.6 is 0 Å². The number of hydrogen-bond donors (Lipinski definition) is 2. The summed E-state index contributed by atoms with van der Waals surface area (Å²) in [4.78, 5) is 2.23. The molecule has 0 spiro atoms. The maximum Gasteiger partial charge on any atom is 0.212 e. The largest absolute Gasteiger partial charge is 0.317 e. The molecule has 0 aromatic carbocycles. The van der Waals surface area contributed by atoms with Crippen LogP contribution in [0.5, 0.6) is 0 Å². The lowest BCUT2D eigenvalue weighted by Gasteiger charge is -2.26. The Morgan fingerprint density at radius 3 is 2.37 bits per heavy atom. The maximum absolute atomic E-state index is 12.1. The Hall–Kier alpha value is -0.170. The standard InChI is InChI=1S/C13H29N3O2S/c1-4-16(5-2)10-12(3)15-19(17,18)11-13-6-8-14-9-7-13/h12-15H,4-11H2,1-3H3. The molecule has 6 heteroatoms. The maximum atomic E-state index is 12.1. The Bertz CT molecular complexity index is 336. The first kappa shape index (κ1) is 16.9. The molecule has 5 nitrogen and oxygen atoms in total. The summed E-state index contributed by atoms with van der Waals surface area (Å²) < 4.78 is 27.0. The van der Waals surface area contributed by atoms with Crippen molar-refractivity contribution in [1.29, 1.82) is 0 Å². The van der Waals surface area contributed by atoms with Gasteiger partial charge >= 0.3 is 0 Å². The monoisotopic (exact) mass is 291 g/mol. The van der Waals surface area contributed by atoms with Crippen LogP contribution in [0.15, 0.2) is 0 Å². The van der Waals surface area contributed by atoms with Crippen LogP contribution in [0.3, 0.4) is 0 Å². The third kappa shape index (κ3) is 6.70. The molecule has 0 aromatic rings. The highest BCUT2D eigenvalue weighted by atomic mass is 32.2. The van der Waals surface area contributed by atoms with Gasteiger partial charge in [0.2, 0.25) is 10.0 Å². The van der Waals surface area contributed by atoms with Gasteiger partial charge in [0.05, 0.1) is 5.75 Å². The summed E-state index contributed by atoms with van der Waals surface area (Å²) in [6.45, 7) is 10.7. The molecular weight excluding hydrogens is 262 g/mol. The van der Waals surface area contributed by atoms with E-state index in [1.807, 2.05) is 6.92 Å². The molecule has 1 aliphatic heterocycles. The number of likely N-dealkylation sites (N-methyl/N-ethyl adjacent to an activating group) is 1. The topological polar surface area (TPSA) is 61.4 Å². The molecule has 19 heavy (non-hydrogen) atoms. The van der Waals surface area contributed by atoms with Crippen LogP contribution in [0.25, 0.3) is 0 Å². The van der Waals surface area contributed by atoms with E-state index in [2.05, 4.69) is 28.8 Å². The molecule has 1 rings (SSSR count). The number of rotatable bonds is 8. The van der Waals surface area contributed by atoms with Crippen molar-refractivity contribution in [2.24, 2.45) is 5.92 Å². The molecule has 114 valence electrons. The number of piperidine rings is 1. The first-order valence-electron chi connectivity index (χ1n) is 7.40. The average molecular weight is 291 g/mol. The van der Waals surface area contributed by atoms with E-state index in [-0.39, 0.29) is 11.8 Å². The Balaban J connectivity index is 2.39. The van der Waals surface area contributed by atoms with Crippen molar-refractivity contribution in [2.45, 2.75) is 39.7 Å². The van der Waals surface area contributed by atoms with Gasteiger partial charge in [-0.2, -0.15) is 0 Å². The van der Waals surface area contributed by atoms with Crippen molar-refractivity contribution in [3.8, 4) is 0 Å². The van der Waals surface area contributed by atoms with E-state index in [0.717, 1.165) is 45.6 Å². The summed E-state index contributed by atoms with van der Waals surface area (Å²) in [5.74, 6) is 0.580. The fraction of sp³-hybridized carbons (Fsp3) is 1.00. The Kier molecular flexibility index (Phi) is 7.28. The highest BCUT2D eigenvalue weighted by Gasteiger charge is 2.22. The minimum atomic E-state index is -3.15. The number of hydrogen-bond acceptors (Lipinski definition) is 4. The van der Waals surface area contributed by atoms with Crippen LogP contribution in [-0.4, -0.2) is 57.8 Å². The molecule has 0 saturated carbocycles. The van der Waals surface area contributed by atoms with Crippen molar-refractivity contribution in [3.63, 3.8) is 0 Å². The van der Waals surface area contributed by atoms with E-state index in [1.54, 1.807) is 0 Å². The molecule has 0 radical (unpaired) electrons. The summed E-state index contributed by atoms with van der Waals surface area (Å²) >= 11 is 0. The zero-order valence-corrected chi connectivity index (χ0v) is 13.3. The van der Waals surface area contributed by atoms with E-state index in [1.165, 1.54) is 0 Å². The second-order valence-electron chi connectivity index (χ2n) is 5.48. The van der Waals surface area contributed by atoms with Gasteiger partial charge in [-0.1, -0.05) is 13.8 Å². The van der Waals surface area contributed by atoms with E-state index in [0.29, 0.717) is 5.92 Å². The fourth-order valence-corrected chi connectivity index (χ4v) is 4.36. The van der Waals surface area contributed by atoms with E-state index < -0.39 is 10.0 Å². The molecule has 0 amide bonds. The van der Waals surface area contributed by atoms with E-state index in [4.69, 9.17) is 0 Å². The van der Waals surface area contributed by atoms with Crippen molar-refractivity contribution in [1.82, 2.24) is 14.9 Å². The second kappa shape index (κ2) is 8.19. The highest BCUT2D eigenvalue weighted by molar-refractivity contribution is 7.89. The van der Waals surface area contributed by atoms with Crippen molar-refractivity contribution >= 4 is 10.0 Å². The Labute approximate surface area is 118 Å². The van der Waals surface area contributed by atoms with Gasteiger partial charge in [0.15, 0.2) is 0 Å². The second-order valence-corrected chi connectivity index (χ2v) is 7.28. The first-order chi connectivity index (χ1) is 8.96. The smallest absolute Gasteiger partial charge is 0.212 e. The van der Waals surface area contributed by atoms with Gasteiger partial charge in [-0.15, -0.1) is 0 Å². The molecule has 1 heterocycles. The van der Waals surface area contributed by atoms with Crippen molar-refractivity contribution < 1.29 is 8.42 Å². The predicted octanol–water partition coefficient (Wildman–Crippen LogP) is 0.636. The number of nitrogens with zero attached hydrogens (tertiary/aromatic N) is 1. The molecule has 0 aromatic heterocycles. The summed E-state index contributed by atoms with van der Waals surface area (Å²) in [6, 6.07) is -0.0217. The van der Waals surface area contributed by atoms with Crippen molar-refractivity contribution in [3.05, 3.63) is 0 Å². The van der Waals surface area contributed by atoms with Crippen LogP contribution in [0.1, 0.15) is 33.6 Å². The summed E-state index contributed by atoms with van der Waals surface area (Å²) in [5.41, 5.74) is 0. The van der Waals surface area contributed by atoms with E-state index in [9.17, 15) is 8.42 Å². The van der Waals surface area contributed by atoms with E-state index >= 15 is 0 Å². The van der Waals surface area contributed by atoms with Gasteiger partial charge in [-0.25, -0.2) is 13.1 Å². The van der Waals surface area contributed by atoms with Gasteiger partial charge in [-0.05, 0) is 51.9 Å². The zero-order chi connectivity index (χ0) is 14.3. The SMILES string of the molecule is CCN(CC)CC(C)NS(=O)(=O)CC1CCNCC1. The quantitative estimate of drug-likeness (QED) is 0.689. The summed E-state index contributed by atoms with van der Waals surface area (Å²) in [7, 11) is -3.15. The molecule has 1 atom stereocenters. The molecule has 0 bridgehead atoms. The third-order valence-electron chi connectivity index (χ3n) is 3.72. The Morgan fingerprint density at radius 2 is 1.84 bits per heavy atom. The highest BCUT2D eigenvalue weighted by Crippen LogP contribution is 2.13.